The first-order chi connectivity index (χ1) is 9.65. The smallest absolute Gasteiger partial charge is 0.126 e. The molecule has 0 aliphatic heterocycles. The van der Waals surface area contributed by atoms with Gasteiger partial charge in [0.2, 0.25) is 0 Å². The van der Waals surface area contributed by atoms with E-state index >= 15 is 0 Å². The van der Waals surface area contributed by atoms with E-state index in [-0.39, 0.29) is 6.04 Å². The van der Waals surface area contributed by atoms with Crippen molar-refractivity contribution < 1.29 is 9.52 Å². The zero-order valence-corrected chi connectivity index (χ0v) is 11.6. The molecule has 3 heteroatoms. The van der Waals surface area contributed by atoms with Gasteiger partial charge in [-0.25, -0.2) is 0 Å². The van der Waals surface area contributed by atoms with Crippen LogP contribution in [0.4, 0.5) is 5.69 Å². The van der Waals surface area contributed by atoms with Gasteiger partial charge in [0.25, 0.3) is 0 Å². The van der Waals surface area contributed by atoms with Crippen molar-refractivity contribution in [3.8, 4) is 5.75 Å². The molecule has 0 amide bonds. The molecule has 0 aliphatic rings. The van der Waals surface area contributed by atoms with Crippen LogP contribution in [0.5, 0.6) is 5.75 Å². The zero-order chi connectivity index (χ0) is 14.1. The van der Waals surface area contributed by atoms with Crippen LogP contribution < -0.4 is 5.32 Å². The minimum atomic E-state index is 0.0663. The first-order valence-corrected chi connectivity index (χ1v) is 6.69. The summed E-state index contributed by atoms with van der Waals surface area (Å²) < 4.78 is 5.64. The third-order valence-corrected chi connectivity index (χ3v) is 3.46. The third-order valence-electron chi connectivity index (χ3n) is 3.46. The van der Waals surface area contributed by atoms with Crippen LogP contribution >= 0.6 is 0 Å². The molecule has 0 radical (unpaired) electrons. The fourth-order valence-electron chi connectivity index (χ4n) is 2.41. The molecule has 102 valence electrons. The molecule has 1 heterocycles. The van der Waals surface area contributed by atoms with Gasteiger partial charge in [-0.2, -0.15) is 0 Å². The lowest BCUT2D eigenvalue weighted by molar-refractivity contribution is 0.467. The van der Waals surface area contributed by atoms with E-state index in [1.807, 2.05) is 49.4 Å². The molecule has 0 aliphatic carbocycles. The van der Waals surface area contributed by atoms with E-state index in [4.69, 9.17) is 4.42 Å². The molecule has 1 aromatic heterocycles. The molecule has 0 bridgehead atoms. The molecule has 2 N–H and O–H groups in total. The highest BCUT2D eigenvalue weighted by Gasteiger charge is 2.11. The van der Waals surface area contributed by atoms with E-state index in [9.17, 15) is 5.11 Å². The van der Waals surface area contributed by atoms with Crippen LogP contribution in [0.1, 0.15) is 24.5 Å². The van der Waals surface area contributed by atoms with Gasteiger partial charge in [-0.15, -0.1) is 0 Å². The molecule has 3 aromatic rings. The predicted octanol–water partition coefficient (Wildman–Crippen LogP) is 4.62. The number of rotatable bonds is 3. The number of aromatic hydroxyl groups is 1. The molecule has 3 rings (SSSR count). The normalized spacial score (nSPS) is 12.5. The van der Waals surface area contributed by atoms with Crippen molar-refractivity contribution >= 4 is 16.5 Å². The summed E-state index contributed by atoms with van der Waals surface area (Å²) in [6.07, 6.45) is 0. The number of nitrogens with one attached hydrogen (secondary N) is 1. The van der Waals surface area contributed by atoms with Crippen LogP contribution in [0, 0.1) is 6.92 Å². The van der Waals surface area contributed by atoms with Crippen LogP contribution in [-0.2, 0) is 0 Å². The number of hydrogen-bond donors (Lipinski definition) is 2. The fraction of sp³-hybridized carbons (Fsp3) is 0.176. The van der Waals surface area contributed by atoms with E-state index in [0.29, 0.717) is 5.75 Å². The second-order valence-electron chi connectivity index (χ2n) is 4.99. The first-order valence-electron chi connectivity index (χ1n) is 6.69. The van der Waals surface area contributed by atoms with Crippen LogP contribution in [0.2, 0.25) is 0 Å². The standard InChI is InChI=1S/C17H17NO2/c1-11-9-10-17(20-11)12(2)18-15-7-3-6-14-13(15)5-4-8-16(14)19/h3-10,12,18-19H,1-2H3. The third kappa shape index (κ3) is 2.23. The molecule has 1 atom stereocenters. The van der Waals surface area contributed by atoms with E-state index in [0.717, 1.165) is 28.0 Å². The fourth-order valence-corrected chi connectivity index (χ4v) is 2.41. The minimum absolute atomic E-state index is 0.0663. The largest absolute Gasteiger partial charge is 0.507 e. The van der Waals surface area contributed by atoms with E-state index in [1.165, 1.54) is 0 Å². The van der Waals surface area contributed by atoms with Crippen molar-refractivity contribution in [1.82, 2.24) is 0 Å². The lowest BCUT2D eigenvalue weighted by Gasteiger charge is -2.15. The summed E-state index contributed by atoms with van der Waals surface area (Å²) in [4.78, 5) is 0. The Hall–Kier alpha value is -2.42. The van der Waals surface area contributed by atoms with Gasteiger partial charge < -0.3 is 14.8 Å². The molecule has 20 heavy (non-hydrogen) atoms. The summed E-state index contributed by atoms with van der Waals surface area (Å²) in [7, 11) is 0. The lowest BCUT2D eigenvalue weighted by atomic mass is 10.1. The van der Waals surface area contributed by atoms with E-state index in [1.54, 1.807) is 6.07 Å². The van der Waals surface area contributed by atoms with Gasteiger partial charge in [0.05, 0.1) is 6.04 Å². The number of fused-ring (bicyclic) bond motifs is 1. The summed E-state index contributed by atoms with van der Waals surface area (Å²) in [5.41, 5.74) is 0.986. The maximum absolute atomic E-state index is 9.90. The lowest BCUT2D eigenvalue weighted by Crippen LogP contribution is -2.05. The monoisotopic (exact) mass is 267 g/mol. The molecule has 0 saturated heterocycles. The van der Waals surface area contributed by atoms with Crippen LogP contribution in [-0.4, -0.2) is 5.11 Å². The van der Waals surface area contributed by atoms with Crippen molar-refractivity contribution in [3.63, 3.8) is 0 Å². The van der Waals surface area contributed by atoms with Crippen molar-refractivity contribution in [2.75, 3.05) is 5.32 Å². The number of furan rings is 1. The van der Waals surface area contributed by atoms with Gasteiger partial charge in [-0.3, -0.25) is 0 Å². The zero-order valence-electron chi connectivity index (χ0n) is 11.6. The quantitative estimate of drug-likeness (QED) is 0.727. The summed E-state index contributed by atoms with van der Waals surface area (Å²) >= 11 is 0. The Labute approximate surface area is 117 Å². The average Bonchev–Trinajstić information content (AvgIpc) is 2.87. The summed E-state index contributed by atoms with van der Waals surface area (Å²) in [5.74, 6) is 2.11. The molecule has 3 nitrogen and oxygen atoms in total. The second kappa shape index (κ2) is 4.93. The summed E-state index contributed by atoms with van der Waals surface area (Å²) in [6.45, 7) is 3.99. The van der Waals surface area contributed by atoms with Gasteiger partial charge in [0.15, 0.2) is 0 Å². The van der Waals surface area contributed by atoms with E-state index in [2.05, 4.69) is 12.2 Å². The summed E-state index contributed by atoms with van der Waals surface area (Å²) in [5, 5.41) is 15.2. The van der Waals surface area contributed by atoms with Crippen LogP contribution in [0.3, 0.4) is 0 Å². The Bertz CT molecular complexity index is 746. The Kier molecular flexibility index (Phi) is 3.11. The number of anilines is 1. The highest BCUT2D eigenvalue weighted by atomic mass is 16.3. The van der Waals surface area contributed by atoms with Gasteiger partial charge in [0.1, 0.15) is 17.3 Å². The number of aryl methyl sites for hydroxylation is 1. The number of hydrogen-bond acceptors (Lipinski definition) is 3. The van der Waals surface area contributed by atoms with Gasteiger partial charge in [-0.05, 0) is 38.1 Å². The predicted molar refractivity (Wildman–Crippen MR) is 81.1 cm³/mol. The van der Waals surface area contributed by atoms with Crippen molar-refractivity contribution in [3.05, 3.63) is 60.1 Å². The van der Waals surface area contributed by atoms with Crippen molar-refractivity contribution in [1.29, 1.82) is 0 Å². The first kappa shape index (κ1) is 12.6. The SMILES string of the molecule is Cc1ccc(C(C)Nc2cccc3c(O)cccc23)o1. The molecule has 2 aromatic carbocycles. The number of benzene rings is 2. The van der Waals surface area contributed by atoms with Crippen LogP contribution in [0.25, 0.3) is 10.8 Å². The van der Waals surface area contributed by atoms with Gasteiger partial charge >= 0.3 is 0 Å². The highest BCUT2D eigenvalue weighted by Crippen LogP contribution is 2.32. The van der Waals surface area contributed by atoms with Gasteiger partial charge in [0, 0.05) is 16.5 Å². The van der Waals surface area contributed by atoms with Crippen molar-refractivity contribution in [2.45, 2.75) is 19.9 Å². The Morgan fingerprint density at radius 1 is 1.00 bits per heavy atom. The van der Waals surface area contributed by atoms with Crippen LogP contribution in [0.15, 0.2) is 52.9 Å². The Balaban J connectivity index is 1.97. The molecular weight excluding hydrogens is 250 g/mol. The van der Waals surface area contributed by atoms with Crippen molar-refractivity contribution in [2.24, 2.45) is 0 Å². The Morgan fingerprint density at radius 2 is 1.75 bits per heavy atom. The maximum atomic E-state index is 9.90. The average molecular weight is 267 g/mol. The second-order valence-corrected chi connectivity index (χ2v) is 4.99. The minimum Gasteiger partial charge on any atom is -0.507 e. The Morgan fingerprint density at radius 3 is 2.50 bits per heavy atom. The molecule has 0 fully saturated rings. The van der Waals surface area contributed by atoms with E-state index < -0.39 is 0 Å². The summed E-state index contributed by atoms with van der Waals surface area (Å²) in [6, 6.07) is 15.4. The maximum Gasteiger partial charge on any atom is 0.126 e. The van der Waals surface area contributed by atoms with Gasteiger partial charge in [-0.1, -0.05) is 24.3 Å². The molecule has 1 unspecified atom stereocenters. The number of phenolic OH excluding ortho intramolecular Hbond substituents is 1. The molecule has 0 saturated carbocycles. The molecular formula is C17H17NO2. The molecule has 0 spiro atoms. The number of phenols is 1. The topological polar surface area (TPSA) is 45.4 Å². The highest BCUT2D eigenvalue weighted by molar-refractivity contribution is 5.97.